The number of rotatable bonds is 6. The first kappa shape index (κ1) is 13.4. The van der Waals surface area contributed by atoms with E-state index >= 15 is 0 Å². The van der Waals surface area contributed by atoms with Crippen LogP contribution in [0.25, 0.3) is 0 Å². The van der Waals surface area contributed by atoms with Crippen LogP contribution in [-0.4, -0.2) is 51.1 Å². The van der Waals surface area contributed by atoms with E-state index in [0.717, 1.165) is 6.42 Å². The molecule has 0 radical (unpaired) electrons. The van der Waals surface area contributed by atoms with Gasteiger partial charge in [-0.1, -0.05) is 0 Å². The average Bonchev–Trinajstić information content (AvgIpc) is 2.73. The van der Waals surface area contributed by atoms with Gasteiger partial charge in [0.1, 0.15) is 12.2 Å². The zero-order chi connectivity index (χ0) is 12.0. The van der Waals surface area contributed by atoms with Crippen LogP contribution in [0.3, 0.4) is 0 Å². The number of hydrogen-bond donors (Lipinski definition) is 1. The van der Waals surface area contributed by atoms with Gasteiger partial charge in [0.2, 0.25) is 5.91 Å². The molecule has 0 aromatic rings. The van der Waals surface area contributed by atoms with Crippen molar-refractivity contribution in [3.8, 4) is 0 Å². The molecule has 1 N–H and O–H groups in total. The maximum atomic E-state index is 11.4. The number of ether oxygens (including phenoxy) is 3. The van der Waals surface area contributed by atoms with Crippen molar-refractivity contribution in [3.63, 3.8) is 0 Å². The third-order valence-electron chi connectivity index (χ3n) is 2.66. The Labute approximate surface area is 96.4 Å². The van der Waals surface area contributed by atoms with E-state index < -0.39 is 0 Å². The zero-order valence-electron chi connectivity index (χ0n) is 10.2. The first-order chi connectivity index (χ1) is 7.58. The van der Waals surface area contributed by atoms with E-state index in [1.807, 2.05) is 13.8 Å². The summed E-state index contributed by atoms with van der Waals surface area (Å²) in [6.45, 7) is 5.59. The van der Waals surface area contributed by atoms with Crippen LogP contribution in [0.4, 0.5) is 0 Å². The van der Waals surface area contributed by atoms with E-state index in [2.05, 4.69) is 5.32 Å². The molecule has 1 unspecified atom stereocenters. The lowest BCUT2D eigenvalue weighted by atomic mass is 10.0. The first-order valence-electron chi connectivity index (χ1n) is 5.59. The van der Waals surface area contributed by atoms with Gasteiger partial charge >= 0.3 is 0 Å². The fraction of sp³-hybridized carbons (Fsp3) is 0.909. The topological polar surface area (TPSA) is 56.8 Å². The summed E-state index contributed by atoms with van der Waals surface area (Å²) in [6, 6.07) is 0. The highest BCUT2D eigenvalue weighted by Gasteiger charge is 2.35. The largest absolute Gasteiger partial charge is 0.378 e. The van der Waals surface area contributed by atoms with Gasteiger partial charge in [-0.15, -0.1) is 0 Å². The molecular weight excluding hydrogens is 210 g/mol. The summed E-state index contributed by atoms with van der Waals surface area (Å²) in [5.74, 6) is -0.114. The molecule has 1 fully saturated rings. The smallest absolute Gasteiger partial charge is 0.246 e. The molecule has 0 aromatic carbocycles. The molecule has 1 aliphatic heterocycles. The van der Waals surface area contributed by atoms with Crippen molar-refractivity contribution in [2.24, 2.45) is 0 Å². The van der Waals surface area contributed by atoms with Gasteiger partial charge in [-0.3, -0.25) is 4.79 Å². The monoisotopic (exact) mass is 231 g/mol. The van der Waals surface area contributed by atoms with Crippen LogP contribution in [0.1, 0.15) is 20.3 Å². The van der Waals surface area contributed by atoms with Gasteiger partial charge < -0.3 is 19.5 Å². The standard InChI is InChI=1S/C11H21NO4/c1-9(2)16-6-10(13)12-7-11(14-3)4-5-15-8-11/h9H,4-8H2,1-3H3,(H,12,13). The Morgan fingerprint density at radius 2 is 2.31 bits per heavy atom. The minimum Gasteiger partial charge on any atom is -0.378 e. The normalized spacial score (nSPS) is 25.0. The molecule has 1 heterocycles. The molecule has 94 valence electrons. The molecule has 0 saturated carbocycles. The Bertz CT molecular complexity index is 224. The summed E-state index contributed by atoms with van der Waals surface area (Å²) in [7, 11) is 1.64. The molecule has 1 amide bonds. The highest BCUT2D eigenvalue weighted by Crippen LogP contribution is 2.21. The minimum absolute atomic E-state index is 0.0666. The molecule has 1 aliphatic rings. The Morgan fingerprint density at radius 1 is 1.56 bits per heavy atom. The molecule has 16 heavy (non-hydrogen) atoms. The summed E-state index contributed by atoms with van der Waals surface area (Å²) in [6.07, 6.45) is 0.881. The molecule has 0 bridgehead atoms. The maximum Gasteiger partial charge on any atom is 0.246 e. The first-order valence-corrected chi connectivity index (χ1v) is 5.59. The fourth-order valence-electron chi connectivity index (χ4n) is 1.51. The van der Waals surface area contributed by atoms with Crippen molar-refractivity contribution in [3.05, 3.63) is 0 Å². The van der Waals surface area contributed by atoms with Crippen LogP contribution >= 0.6 is 0 Å². The maximum absolute atomic E-state index is 11.4. The number of carbonyl (C=O) groups is 1. The summed E-state index contributed by atoms with van der Waals surface area (Å²) in [5, 5.41) is 2.80. The van der Waals surface area contributed by atoms with Gasteiger partial charge in [0.15, 0.2) is 0 Å². The van der Waals surface area contributed by atoms with Crippen molar-refractivity contribution in [2.45, 2.75) is 32.0 Å². The van der Waals surface area contributed by atoms with Crippen molar-refractivity contribution >= 4 is 5.91 Å². The number of nitrogens with one attached hydrogen (secondary N) is 1. The second-order valence-corrected chi connectivity index (χ2v) is 4.33. The fourth-order valence-corrected chi connectivity index (χ4v) is 1.51. The van der Waals surface area contributed by atoms with Crippen molar-refractivity contribution in [1.82, 2.24) is 5.32 Å². The number of methoxy groups -OCH3 is 1. The predicted molar refractivity (Wildman–Crippen MR) is 59.3 cm³/mol. The lowest BCUT2D eigenvalue weighted by Crippen LogP contribution is -2.46. The van der Waals surface area contributed by atoms with Crippen molar-refractivity contribution in [1.29, 1.82) is 0 Å². The van der Waals surface area contributed by atoms with E-state index in [1.54, 1.807) is 7.11 Å². The highest BCUT2D eigenvalue weighted by molar-refractivity contribution is 5.77. The molecule has 0 aliphatic carbocycles. The van der Waals surface area contributed by atoms with E-state index in [1.165, 1.54) is 0 Å². The Kier molecular flexibility index (Phi) is 5.18. The highest BCUT2D eigenvalue weighted by atomic mass is 16.5. The third kappa shape index (κ3) is 4.08. The Morgan fingerprint density at radius 3 is 2.81 bits per heavy atom. The third-order valence-corrected chi connectivity index (χ3v) is 2.66. The average molecular weight is 231 g/mol. The number of carbonyl (C=O) groups excluding carboxylic acids is 1. The van der Waals surface area contributed by atoms with Crippen LogP contribution < -0.4 is 5.32 Å². The molecule has 1 saturated heterocycles. The van der Waals surface area contributed by atoms with Crippen LogP contribution in [0, 0.1) is 0 Å². The van der Waals surface area contributed by atoms with Crippen LogP contribution in [-0.2, 0) is 19.0 Å². The van der Waals surface area contributed by atoms with E-state index in [4.69, 9.17) is 14.2 Å². The Balaban J connectivity index is 2.24. The number of amides is 1. The molecule has 1 rings (SSSR count). The second-order valence-electron chi connectivity index (χ2n) is 4.33. The summed E-state index contributed by atoms with van der Waals surface area (Å²) in [5.41, 5.74) is -0.354. The summed E-state index contributed by atoms with van der Waals surface area (Å²) in [4.78, 5) is 11.4. The predicted octanol–water partition coefficient (Wildman–Crippen LogP) is 0.333. The summed E-state index contributed by atoms with van der Waals surface area (Å²) < 4.78 is 15.9. The number of hydrogen-bond acceptors (Lipinski definition) is 4. The van der Waals surface area contributed by atoms with Crippen molar-refractivity contribution < 1.29 is 19.0 Å². The van der Waals surface area contributed by atoms with Gasteiger partial charge in [0.25, 0.3) is 0 Å². The molecule has 0 spiro atoms. The van der Waals surface area contributed by atoms with Crippen LogP contribution in [0.5, 0.6) is 0 Å². The Hall–Kier alpha value is -0.650. The second kappa shape index (κ2) is 6.18. The van der Waals surface area contributed by atoms with E-state index in [0.29, 0.717) is 19.8 Å². The molecule has 5 nitrogen and oxygen atoms in total. The van der Waals surface area contributed by atoms with E-state index in [9.17, 15) is 4.79 Å². The quantitative estimate of drug-likeness (QED) is 0.716. The van der Waals surface area contributed by atoms with Gasteiger partial charge in [-0.05, 0) is 13.8 Å². The molecule has 0 aromatic heterocycles. The lowest BCUT2D eigenvalue weighted by Gasteiger charge is -2.25. The SMILES string of the molecule is COC1(CNC(=O)COC(C)C)CCOC1. The minimum atomic E-state index is -0.354. The van der Waals surface area contributed by atoms with Gasteiger partial charge in [-0.2, -0.15) is 0 Å². The molecular formula is C11H21NO4. The van der Waals surface area contributed by atoms with E-state index in [-0.39, 0.29) is 24.2 Å². The molecule has 5 heteroatoms. The summed E-state index contributed by atoms with van der Waals surface area (Å²) >= 11 is 0. The zero-order valence-corrected chi connectivity index (χ0v) is 10.2. The lowest BCUT2D eigenvalue weighted by molar-refractivity contribution is -0.128. The van der Waals surface area contributed by atoms with Crippen LogP contribution in [0.2, 0.25) is 0 Å². The van der Waals surface area contributed by atoms with Crippen molar-refractivity contribution in [2.75, 3.05) is 33.5 Å². The molecule has 1 atom stereocenters. The van der Waals surface area contributed by atoms with Gasteiger partial charge in [-0.25, -0.2) is 0 Å². The van der Waals surface area contributed by atoms with Gasteiger partial charge in [0.05, 0.1) is 12.7 Å². The van der Waals surface area contributed by atoms with Gasteiger partial charge in [0, 0.05) is 26.7 Å². The van der Waals surface area contributed by atoms with Crippen LogP contribution in [0.15, 0.2) is 0 Å².